The zero-order valence-corrected chi connectivity index (χ0v) is 14.0. The summed E-state index contributed by atoms with van der Waals surface area (Å²) < 4.78 is 5.00. The van der Waals surface area contributed by atoms with Crippen molar-refractivity contribution in [3.8, 4) is 11.5 Å². The maximum atomic E-state index is 11.1. The minimum absolute atomic E-state index is 0.262. The standard InChI is InChI=1S/C16H21ClN4O2/c1-9-8-18-6-5-12(9)10(2)19-14-7-11(3-4-13(14)17)15-20-21-16(22)23-15/h3-4,7,9-10,12,18-19H,5-6,8H2,1-2H3,(H,21,22)/t9-,10+,12+/m1/s1. The fourth-order valence-electron chi connectivity index (χ4n) is 3.25. The molecule has 0 unspecified atom stereocenters. The number of hydrogen-bond donors (Lipinski definition) is 3. The Morgan fingerprint density at radius 1 is 1.48 bits per heavy atom. The maximum absolute atomic E-state index is 11.1. The first-order valence-electron chi connectivity index (χ1n) is 7.87. The Balaban J connectivity index is 1.80. The minimum Gasteiger partial charge on any atom is -0.388 e. The van der Waals surface area contributed by atoms with Gasteiger partial charge in [0.15, 0.2) is 0 Å². The molecule has 0 bridgehead atoms. The summed E-state index contributed by atoms with van der Waals surface area (Å²) in [6, 6.07) is 5.73. The quantitative estimate of drug-likeness (QED) is 0.799. The van der Waals surface area contributed by atoms with E-state index in [9.17, 15) is 4.79 Å². The molecule has 0 radical (unpaired) electrons. The number of hydrogen-bond acceptors (Lipinski definition) is 5. The summed E-state index contributed by atoms with van der Waals surface area (Å²) in [4.78, 5) is 11.1. The SMILES string of the molecule is C[C@@H]1CNCC[C@@H]1[C@H](C)Nc1cc(-c2n[nH]c(=O)o2)ccc1Cl. The third-order valence-corrected chi connectivity index (χ3v) is 4.86. The Hall–Kier alpha value is -1.79. The van der Waals surface area contributed by atoms with Crippen LogP contribution in [0.15, 0.2) is 27.4 Å². The number of nitrogens with one attached hydrogen (secondary N) is 3. The van der Waals surface area contributed by atoms with Crippen molar-refractivity contribution < 1.29 is 4.42 Å². The average molecular weight is 337 g/mol. The number of rotatable bonds is 4. The summed E-state index contributed by atoms with van der Waals surface area (Å²) in [5.41, 5.74) is 1.54. The minimum atomic E-state index is -0.568. The summed E-state index contributed by atoms with van der Waals surface area (Å²) in [6.07, 6.45) is 1.14. The van der Waals surface area contributed by atoms with Crippen LogP contribution in [0.4, 0.5) is 5.69 Å². The average Bonchev–Trinajstić information content (AvgIpc) is 2.96. The van der Waals surface area contributed by atoms with Crippen LogP contribution in [-0.2, 0) is 0 Å². The molecule has 7 heteroatoms. The molecule has 6 nitrogen and oxygen atoms in total. The van der Waals surface area contributed by atoms with E-state index in [2.05, 4.69) is 34.7 Å². The molecule has 1 aliphatic heterocycles. The topological polar surface area (TPSA) is 83.0 Å². The van der Waals surface area contributed by atoms with Crippen LogP contribution in [0.3, 0.4) is 0 Å². The lowest BCUT2D eigenvalue weighted by atomic mass is 9.82. The number of anilines is 1. The summed E-state index contributed by atoms with van der Waals surface area (Å²) in [6.45, 7) is 6.55. The lowest BCUT2D eigenvalue weighted by Gasteiger charge is -2.35. The second kappa shape index (κ2) is 6.76. The molecule has 1 aromatic heterocycles. The fourth-order valence-corrected chi connectivity index (χ4v) is 3.42. The van der Waals surface area contributed by atoms with E-state index in [-0.39, 0.29) is 5.89 Å². The van der Waals surface area contributed by atoms with Gasteiger partial charge in [0.05, 0.1) is 10.7 Å². The molecule has 1 saturated heterocycles. The first-order valence-corrected chi connectivity index (χ1v) is 8.25. The van der Waals surface area contributed by atoms with Gasteiger partial charge in [-0.15, -0.1) is 5.10 Å². The van der Waals surface area contributed by atoms with Crippen molar-refractivity contribution in [2.45, 2.75) is 26.3 Å². The van der Waals surface area contributed by atoms with Crippen LogP contribution in [0.2, 0.25) is 5.02 Å². The lowest BCUT2D eigenvalue weighted by molar-refractivity contribution is 0.250. The highest BCUT2D eigenvalue weighted by Crippen LogP contribution is 2.31. The van der Waals surface area contributed by atoms with Gasteiger partial charge in [-0.1, -0.05) is 18.5 Å². The van der Waals surface area contributed by atoms with Gasteiger partial charge in [0.25, 0.3) is 0 Å². The Bertz CT molecular complexity index is 727. The van der Waals surface area contributed by atoms with Crippen LogP contribution in [0.25, 0.3) is 11.5 Å². The predicted molar refractivity (Wildman–Crippen MR) is 90.8 cm³/mol. The van der Waals surface area contributed by atoms with Crippen LogP contribution in [0.1, 0.15) is 20.3 Å². The number of aromatic amines is 1. The van der Waals surface area contributed by atoms with Crippen molar-refractivity contribution in [3.05, 3.63) is 33.8 Å². The van der Waals surface area contributed by atoms with Gasteiger partial charge < -0.3 is 15.1 Å². The maximum Gasteiger partial charge on any atom is 0.434 e. The van der Waals surface area contributed by atoms with Gasteiger partial charge >= 0.3 is 5.76 Å². The van der Waals surface area contributed by atoms with E-state index in [4.69, 9.17) is 16.0 Å². The van der Waals surface area contributed by atoms with Gasteiger partial charge in [-0.05, 0) is 56.5 Å². The van der Waals surface area contributed by atoms with E-state index >= 15 is 0 Å². The first kappa shape index (κ1) is 16.1. The molecule has 1 fully saturated rings. The van der Waals surface area contributed by atoms with E-state index in [0.717, 1.165) is 25.2 Å². The van der Waals surface area contributed by atoms with E-state index in [1.165, 1.54) is 0 Å². The van der Waals surface area contributed by atoms with Gasteiger partial charge in [-0.25, -0.2) is 9.89 Å². The van der Waals surface area contributed by atoms with E-state index in [1.54, 1.807) is 12.1 Å². The molecule has 3 atom stereocenters. The van der Waals surface area contributed by atoms with Crippen molar-refractivity contribution >= 4 is 17.3 Å². The molecule has 3 N–H and O–H groups in total. The molecule has 124 valence electrons. The third kappa shape index (κ3) is 3.59. The number of H-pyrrole nitrogens is 1. The molecule has 0 amide bonds. The molecule has 23 heavy (non-hydrogen) atoms. The Morgan fingerprint density at radius 2 is 2.30 bits per heavy atom. The summed E-state index contributed by atoms with van der Waals surface area (Å²) in [7, 11) is 0. The number of halogens is 1. The lowest BCUT2D eigenvalue weighted by Crippen LogP contribution is -2.42. The molecule has 3 rings (SSSR count). The highest BCUT2D eigenvalue weighted by atomic mass is 35.5. The number of nitrogens with zero attached hydrogens (tertiary/aromatic N) is 1. The van der Waals surface area contributed by atoms with Gasteiger partial charge in [0.1, 0.15) is 0 Å². The summed E-state index contributed by atoms with van der Waals surface area (Å²) in [5, 5.41) is 13.7. The Morgan fingerprint density at radius 3 is 3.00 bits per heavy atom. The highest BCUT2D eigenvalue weighted by Gasteiger charge is 2.26. The second-order valence-electron chi connectivity index (χ2n) is 6.18. The summed E-state index contributed by atoms with van der Waals surface area (Å²) >= 11 is 6.31. The fraction of sp³-hybridized carbons (Fsp3) is 0.500. The monoisotopic (exact) mass is 336 g/mol. The predicted octanol–water partition coefficient (Wildman–Crippen LogP) is 2.73. The van der Waals surface area contributed by atoms with E-state index in [0.29, 0.717) is 28.5 Å². The van der Waals surface area contributed by atoms with Crippen molar-refractivity contribution in [1.29, 1.82) is 0 Å². The van der Waals surface area contributed by atoms with E-state index < -0.39 is 5.76 Å². The normalized spacial score (nSPS) is 22.7. The van der Waals surface area contributed by atoms with E-state index in [1.807, 2.05) is 6.07 Å². The van der Waals surface area contributed by atoms with Gasteiger partial charge in [-0.2, -0.15) is 0 Å². The van der Waals surface area contributed by atoms with Crippen LogP contribution in [0, 0.1) is 11.8 Å². The highest BCUT2D eigenvalue weighted by molar-refractivity contribution is 6.33. The van der Waals surface area contributed by atoms with Crippen LogP contribution >= 0.6 is 11.6 Å². The van der Waals surface area contributed by atoms with Gasteiger partial charge in [-0.3, -0.25) is 0 Å². The van der Waals surface area contributed by atoms with Crippen LogP contribution in [-0.4, -0.2) is 29.3 Å². The number of piperidine rings is 1. The zero-order valence-electron chi connectivity index (χ0n) is 13.2. The molecule has 2 heterocycles. The van der Waals surface area contributed by atoms with Crippen molar-refractivity contribution in [2.24, 2.45) is 11.8 Å². The van der Waals surface area contributed by atoms with Crippen molar-refractivity contribution in [3.63, 3.8) is 0 Å². The van der Waals surface area contributed by atoms with Crippen LogP contribution in [0.5, 0.6) is 0 Å². The van der Waals surface area contributed by atoms with Crippen LogP contribution < -0.4 is 16.4 Å². The molecule has 0 spiro atoms. The first-order chi connectivity index (χ1) is 11.0. The smallest absolute Gasteiger partial charge is 0.388 e. The molecule has 0 saturated carbocycles. The Labute approximate surface area is 139 Å². The largest absolute Gasteiger partial charge is 0.434 e. The molecule has 1 aromatic carbocycles. The summed E-state index contributed by atoms with van der Waals surface area (Å²) in [5.74, 6) is 0.885. The van der Waals surface area contributed by atoms with Crippen molar-refractivity contribution in [1.82, 2.24) is 15.5 Å². The zero-order chi connectivity index (χ0) is 16.4. The molecule has 0 aliphatic carbocycles. The second-order valence-corrected chi connectivity index (χ2v) is 6.59. The molecule has 2 aromatic rings. The number of benzene rings is 1. The van der Waals surface area contributed by atoms with Crippen molar-refractivity contribution in [2.75, 3.05) is 18.4 Å². The third-order valence-electron chi connectivity index (χ3n) is 4.53. The molecular weight excluding hydrogens is 316 g/mol. The number of aromatic nitrogens is 2. The Kier molecular flexibility index (Phi) is 4.73. The molecule has 1 aliphatic rings. The van der Waals surface area contributed by atoms with Gasteiger partial charge in [0.2, 0.25) is 5.89 Å². The molecular formula is C16H21ClN4O2. The van der Waals surface area contributed by atoms with Gasteiger partial charge in [0, 0.05) is 11.6 Å².